The van der Waals surface area contributed by atoms with E-state index in [-0.39, 0.29) is 35.9 Å². The van der Waals surface area contributed by atoms with Gasteiger partial charge in [0, 0.05) is 19.0 Å². The van der Waals surface area contributed by atoms with E-state index in [2.05, 4.69) is 16.0 Å². The van der Waals surface area contributed by atoms with Crippen LogP contribution in [-0.2, 0) is 20.8 Å². The van der Waals surface area contributed by atoms with Gasteiger partial charge in [-0.15, -0.1) is 0 Å². The molecule has 0 unspecified atom stereocenters. The molecule has 12 heteroatoms. The molecule has 0 spiro atoms. The smallest absolute Gasteiger partial charge is 0.303 e. The Balaban J connectivity index is 1.75. The fourth-order valence-electron chi connectivity index (χ4n) is 6.96. The minimum Gasteiger partial charge on any atom is -0.493 e. The van der Waals surface area contributed by atoms with Gasteiger partial charge in [0.05, 0.1) is 39.5 Å². The number of hydrogen-bond donors (Lipinski definition) is 4. The number of aryl methyl sites for hydroxylation is 1. The highest BCUT2D eigenvalue weighted by atomic mass is 32.2. The Kier molecular flexibility index (Phi) is 12.4. The number of carbonyl (C=O) groups excluding carboxylic acids is 2. The van der Waals surface area contributed by atoms with E-state index in [1.54, 1.807) is 32.0 Å². The van der Waals surface area contributed by atoms with E-state index in [1.165, 1.54) is 20.1 Å². The summed E-state index contributed by atoms with van der Waals surface area (Å²) >= 11 is 1.59. The van der Waals surface area contributed by atoms with Gasteiger partial charge in [-0.2, -0.15) is 11.8 Å². The summed E-state index contributed by atoms with van der Waals surface area (Å²) in [5.74, 6) is 0.688. The van der Waals surface area contributed by atoms with Gasteiger partial charge in [-0.3, -0.25) is 19.2 Å². The second kappa shape index (κ2) is 16.3. The maximum Gasteiger partial charge on any atom is 0.303 e. The molecule has 2 aromatic carbocycles. The van der Waals surface area contributed by atoms with Crippen LogP contribution < -0.4 is 35.6 Å². The normalized spacial score (nSPS) is 17.2. The van der Waals surface area contributed by atoms with Crippen molar-refractivity contribution >= 4 is 35.2 Å². The second-order valence-electron chi connectivity index (χ2n) is 12.4. The number of carboxylic acid groups (broad SMARTS) is 1. The van der Waals surface area contributed by atoms with Crippen LogP contribution in [0.5, 0.6) is 17.2 Å². The molecule has 0 heterocycles. The van der Waals surface area contributed by atoms with Crippen LogP contribution >= 0.6 is 11.8 Å². The van der Waals surface area contributed by atoms with Crippen molar-refractivity contribution in [2.24, 2.45) is 5.41 Å². The SMILES string of the molecule is COc1cc2c(c(OC)c1OC)-c1ccc(N[C@H](CCSC)C(=O)NCC3(CC(=O)O)CCCCC3)c(=O)cc1[C@H](NC(C)=O)CC2. The van der Waals surface area contributed by atoms with Crippen molar-refractivity contribution < 1.29 is 33.7 Å². The molecule has 2 amide bonds. The third-order valence-corrected chi connectivity index (χ3v) is 9.89. The number of fused-ring (bicyclic) bond motifs is 3. The predicted molar refractivity (Wildman–Crippen MR) is 184 cm³/mol. The molecule has 2 aliphatic rings. The lowest BCUT2D eigenvalue weighted by molar-refractivity contribution is -0.140. The zero-order chi connectivity index (χ0) is 34.1. The molecule has 2 aliphatic carbocycles. The van der Waals surface area contributed by atoms with Gasteiger partial charge in [0.25, 0.3) is 0 Å². The highest BCUT2D eigenvalue weighted by Crippen LogP contribution is 2.50. The summed E-state index contributed by atoms with van der Waals surface area (Å²) in [7, 11) is 4.64. The van der Waals surface area contributed by atoms with Crippen LogP contribution in [0, 0.1) is 5.41 Å². The first-order valence-corrected chi connectivity index (χ1v) is 17.5. The van der Waals surface area contributed by atoms with Crippen molar-refractivity contribution in [1.82, 2.24) is 10.6 Å². The number of ether oxygens (including phenoxy) is 3. The summed E-state index contributed by atoms with van der Waals surface area (Å²) in [6.07, 6.45) is 7.98. The Morgan fingerprint density at radius 2 is 1.77 bits per heavy atom. The van der Waals surface area contributed by atoms with Crippen LogP contribution in [0.15, 0.2) is 29.1 Å². The Morgan fingerprint density at radius 3 is 2.38 bits per heavy atom. The van der Waals surface area contributed by atoms with Crippen LogP contribution in [0.25, 0.3) is 11.1 Å². The first kappa shape index (κ1) is 35.9. The summed E-state index contributed by atoms with van der Waals surface area (Å²) in [6.45, 7) is 1.72. The average molecular weight is 670 g/mol. The van der Waals surface area contributed by atoms with Crippen LogP contribution in [0.3, 0.4) is 0 Å². The van der Waals surface area contributed by atoms with Crippen molar-refractivity contribution in [2.75, 3.05) is 45.2 Å². The fraction of sp³-hybridized carbons (Fsp3) is 0.543. The third-order valence-electron chi connectivity index (χ3n) is 9.25. The third kappa shape index (κ3) is 8.51. The maximum absolute atomic E-state index is 13.9. The highest BCUT2D eigenvalue weighted by molar-refractivity contribution is 7.98. The quantitative estimate of drug-likeness (QED) is 0.218. The van der Waals surface area contributed by atoms with Gasteiger partial charge in [0.1, 0.15) is 6.04 Å². The number of aliphatic carboxylic acids is 1. The lowest BCUT2D eigenvalue weighted by Gasteiger charge is -2.36. The van der Waals surface area contributed by atoms with Gasteiger partial charge >= 0.3 is 5.97 Å². The van der Waals surface area contributed by atoms with E-state index in [1.807, 2.05) is 18.4 Å². The van der Waals surface area contributed by atoms with Crippen molar-refractivity contribution in [2.45, 2.75) is 76.8 Å². The molecule has 2 atom stereocenters. The van der Waals surface area contributed by atoms with Gasteiger partial charge in [-0.25, -0.2) is 0 Å². The second-order valence-corrected chi connectivity index (χ2v) is 13.4. The first-order valence-electron chi connectivity index (χ1n) is 16.1. The maximum atomic E-state index is 13.9. The lowest BCUT2D eigenvalue weighted by atomic mass is 9.71. The van der Waals surface area contributed by atoms with Gasteiger partial charge in [-0.1, -0.05) is 25.3 Å². The van der Waals surface area contributed by atoms with Crippen molar-refractivity contribution in [3.05, 3.63) is 45.6 Å². The molecule has 0 radical (unpaired) electrons. The standard InChI is InChI=1S/C35H47N3O8S/c1-21(39)37-25-11-9-22-17-29(44-2)32(45-3)33(46-4)31(22)23-10-12-26(28(40)18-24(23)25)38-27(13-16-47-5)34(43)36-20-35(19-30(41)42)14-7-6-8-15-35/h10,12,17-18,25,27H,6-9,11,13-16,19-20H2,1-5H3,(H,36,43)(H,37,39)(H,38,40)(H,41,42)/t25-,27-/m1/s1. The molecule has 0 bridgehead atoms. The van der Waals surface area contributed by atoms with E-state index in [0.29, 0.717) is 53.4 Å². The number of hydrogen-bond acceptors (Lipinski definition) is 9. The number of anilines is 1. The molecule has 4 N–H and O–H groups in total. The molecule has 47 heavy (non-hydrogen) atoms. The summed E-state index contributed by atoms with van der Waals surface area (Å²) in [5, 5.41) is 18.8. The van der Waals surface area contributed by atoms with Gasteiger partial charge in [-0.05, 0) is 84.4 Å². The number of thioether (sulfide) groups is 1. The van der Waals surface area contributed by atoms with Crippen molar-refractivity contribution in [1.29, 1.82) is 0 Å². The number of benzene rings is 1. The van der Waals surface area contributed by atoms with E-state index in [9.17, 15) is 24.3 Å². The highest BCUT2D eigenvalue weighted by Gasteiger charge is 2.36. The molecule has 1 fully saturated rings. The zero-order valence-corrected chi connectivity index (χ0v) is 28.8. The summed E-state index contributed by atoms with van der Waals surface area (Å²) in [4.78, 5) is 51.5. The number of rotatable bonds is 14. The molecule has 11 nitrogen and oxygen atoms in total. The van der Waals surface area contributed by atoms with Crippen LogP contribution in [0.4, 0.5) is 5.69 Å². The van der Waals surface area contributed by atoms with E-state index < -0.39 is 23.5 Å². The Labute approximate surface area is 280 Å². The monoisotopic (exact) mass is 669 g/mol. The largest absolute Gasteiger partial charge is 0.493 e. The van der Waals surface area contributed by atoms with Crippen molar-refractivity contribution in [3.63, 3.8) is 0 Å². The lowest BCUT2D eigenvalue weighted by Crippen LogP contribution is -2.46. The molecular formula is C35H47N3O8S. The molecule has 4 rings (SSSR count). The topological polar surface area (TPSA) is 152 Å². The first-order chi connectivity index (χ1) is 22.6. The molecule has 2 aromatic rings. The number of carboxylic acids is 1. The Bertz CT molecular complexity index is 1530. The van der Waals surface area contributed by atoms with Gasteiger partial charge in [0.15, 0.2) is 11.5 Å². The van der Waals surface area contributed by atoms with Crippen LogP contribution in [0.1, 0.15) is 75.5 Å². The minimum absolute atomic E-state index is 0.0119. The molecule has 0 aliphatic heterocycles. The van der Waals surface area contributed by atoms with Crippen LogP contribution in [0.2, 0.25) is 0 Å². The fourth-order valence-corrected chi connectivity index (χ4v) is 7.43. The van der Waals surface area contributed by atoms with Gasteiger partial charge < -0.3 is 35.3 Å². The zero-order valence-electron chi connectivity index (χ0n) is 28.0. The van der Waals surface area contributed by atoms with E-state index in [4.69, 9.17) is 14.2 Å². The summed E-state index contributed by atoms with van der Waals surface area (Å²) < 4.78 is 17.1. The Hall–Kier alpha value is -3.93. The molecule has 0 saturated heterocycles. The van der Waals surface area contributed by atoms with E-state index in [0.717, 1.165) is 43.2 Å². The molecular weight excluding hydrogens is 622 g/mol. The molecule has 0 aromatic heterocycles. The summed E-state index contributed by atoms with van der Waals surface area (Å²) in [6, 6.07) is 5.73. The Morgan fingerprint density at radius 1 is 1.04 bits per heavy atom. The summed E-state index contributed by atoms with van der Waals surface area (Å²) in [5.41, 5.74) is 2.40. The van der Waals surface area contributed by atoms with Crippen LogP contribution in [-0.4, -0.2) is 68.8 Å². The molecule has 1 saturated carbocycles. The number of methoxy groups -OCH3 is 3. The van der Waals surface area contributed by atoms with Crippen molar-refractivity contribution in [3.8, 4) is 28.4 Å². The number of carbonyl (C=O) groups is 3. The van der Waals surface area contributed by atoms with E-state index >= 15 is 0 Å². The molecule has 256 valence electrons. The van der Waals surface area contributed by atoms with Gasteiger partial charge in [0.2, 0.25) is 23.0 Å². The number of amides is 2. The average Bonchev–Trinajstić information content (AvgIpc) is 3.29. The predicted octanol–water partition coefficient (Wildman–Crippen LogP) is 4.94. The minimum atomic E-state index is -0.863. The number of nitrogens with one attached hydrogen (secondary N) is 3.